The first-order valence-electron chi connectivity index (χ1n) is 7.93. The third kappa shape index (κ3) is 3.55. The van der Waals surface area contributed by atoms with Gasteiger partial charge < -0.3 is 10.1 Å². The third-order valence-corrected chi connectivity index (χ3v) is 4.74. The van der Waals surface area contributed by atoms with Crippen molar-refractivity contribution < 1.29 is 9.53 Å². The topological polar surface area (TPSA) is 64.1 Å². The molecule has 1 aliphatic rings. The second-order valence-electron chi connectivity index (χ2n) is 5.91. The molecule has 0 bridgehead atoms. The first kappa shape index (κ1) is 16.0. The van der Waals surface area contributed by atoms with Crippen molar-refractivity contribution >= 4 is 34.4 Å². The number of anilines is 1. The number of nitrogens with one attached hydrogen (secondary N) is 1. The van der Waals surface area contributed by atoms with Gasteiger partial charge in [-0.05, 0) is 30.9 Å². The van der Waals surface area contributed by atoms with E-state index in [1.165, 1.54) is 7.11 Å². The monoisotopic (exact) mass is 333 g/mol. The van der Waals surface area contributed by atoms with Crippen LogP contribution >= 0.6 is 11.6 Å². The molecular formula is C17H20ClN3O2. The summed E-state index contributed by atoms with van der Waals surface area (Å²) in [4.78, 5) is 20.8. The zero-order valence-corrected chi connectivity index (χ0v) is 13.8. The molecule has 0 amide bonds. The summed E-state index contributed by atoms with van der Waals surface area (Å²) in [7, 11) is 1.45. The Morgan fingerprint density at radius 3 is 2.70 bits per heavy atom. The molecule has 23 heavy (non-hydrogen) atoms. The summed E-state index contributed by atoms with van der Waals surface area (Å²) in [5.41, 5.74) is 1.57. The first-order chi connectivity index (χ1) is 11.2. The van der Waals surface area contributed by atoms with E-state index < -0.39 is 0 Å². The highest BCUT2D eigenvalue weighted by Crippen LogP contribution is 2.31. The van der Waals surface area contributed by atoms with Crippen LogP contribution in [0.3, 0.4) is 0 Å². The first-order valence-corrected chi connectivity index (χ1v) is 8.31. The van der Waals surface area contributed by atoms with Crippen molar-refractivity contribution in [2.24, 2.45) is 11.8 Å². The van der Waals surface area contributed by atoms with E-state index in [0.29, 0.717) is 17.5 Å². The van der Waals surface area contributed by atoms with Crippen molar-refractivity contribution in [2.45, 2.75) is 25.7 Å². The summed E-state index contributed by atoms with van der Waals surface area (Å²) in [5.74, 6) is 0.640. The minimum absolute atomic E-state index is 0.0477. The third-order valence-electron chi connectivity index (χ3n) is 4.47. The van der Waals surface area contributed by atoms with Crippen LogP contribution in [0.1, 0.15) is 25.7 Å². The number of carbonyl (C=O) groups excluding carboxylic acids is 1. The van der Waals surface area contributed by atoms with Crippen LogP contribution in [0.4, 0.5) is 5.82 Å². The number of esters is 1. The van der Waals surface area contributed by atoms with Gasteiger partial charge in [0, 0.05) is 6.54 Å². The number of para-hydroxylation sites is 2. The highest BCUT2D eigenvalue weighted by Gasteiger charge is 2.31. The van der Waals surface area contributed by atoms with Gasteiger partial charge in [-0.15, -0.1) is 0 Å². The smallest absolute Gasteiger partial charge is 0.309 e. The largest absolute Gasteiger partial charge is 0.469 e. The molecule has 5 nitrogen and oxygen atoms in total. The maximum absolute atomic E-state index is 11.9. The van der Waals surface area contributed by atoms with Gasteiger partial charge in [0.25, 0.3) is 0 Å². The van der Waals surface area contributed by atoms with Crippen LogP contribution in [0, 0.1) is 11.8 Å². The standard InChI is InChI=1S/C17H20ClN3O2/c1-23-17(22)12-7-3-2-6-11(12)10-19-16-15(18)20-13-8-4-5-9-14(13)21-16/h4-5,8-9,11-12H,2-3,6-7,10H2,1H3,(H,19,21). The van der Waals surface area contributed by atoms with Crippen LogP contribution in [0.25, 0.3) is 11.0 Å². The lowest BCUT2D eigenvalue weighted by Gasteiger charge is -2.29. The molecule has 0 aliphatic heterocycles. The van der Waals surface area contributed by atoms with Crippen LogP contribution in [0.15, 0.2) is 24.3 Å². The SMILES string of the molecule is COC(=O)C1CCCCC1CNc1nc2ccccc2nc1Cl. The number of hydrogen-bond acceptors (Lipinski definition) is 5. The van der Waals surface area contributed by atoms with E-state index in [-0.39, 0.29) is 17.8 Å². The molecule has 2 aromatic rings. The van der Waals surface area contributed by atoms with Crippen molar-refractivity contribution in [3.05, 3.63) is 29.4 Å². The fraction of sp³-hybridized carbons (Fsp3) is 0.471. The van der Waals surface area contributed by atoms with E-state index >= 15 is 0 Å². The molecule has 122 valence electrons. The molecule has 1 aromatic carbocycles. The molecule has 0 radical (unpaired) electrons. The molecule has 6 heteroatoms. The highest BCUT2D eigenvalue weighted by molar-refractivity contribution is 6.32. The summed E-state index contributed by atoms with van der Waals surface area (Å²) < 4.78 is 4.93. The Balaban J connectivity index is 1.74. The van der Waals surface area contributed by atoms with E-state index in [0.717, 1.165) is 36.7 Å². The van der Waals surface area contributed by atoms with Crippen molar-refractivity contribution in [1.82, 2.24) is 9.97 Å². The van der Waals surface area contributed by atoms with Crippen molar-refractivity contribution in [3.63, 3.8) is 0 Å². The Labute approximate surface area is 140 Å². The van der Waals surface area contributed by atoms with Crippen LogP contribution < -0.4 is 5.32 Å². The number of benzene rings is 1. The molecule has 1 heterocycles. The van der Waals surface area contributed by atoms with E-state index in [1.807, 2.05) is 24.3 Å². The number of methoxy groups -OCH3 is 1. The van der Waals surface area contributed by atoms with Gasteiger partial charge in [0.05, 0.1) is 24.1 Å². The minimum Gasteiger partial charge on any atom is -0.469 e. The van der Waals surface area contributed by atoms with E-state index in [9.17, 15) is 4.79 Å². The average molecular weight is 334 g/mol. The highest BCUT2D eigenvalue weighted by atomic mass is 35.5. The fourth-order valence-electron chi connectivity index (χ4n) is 3.23. The summed E-state index contributed by atoms with van der Waals surface area (Å²) in [6.07, 6.45) is 4.10. The number of rotatable bonds is 4. The number of halogens is 1. The lowest BCUT2D eigenvalue weighted by Crippen LogP contribution is -2.32. The lowest BCUT2D eigenvalue weighted by atomic mass is 9.79. The molecule has 2 unspecified atom stereocenters. The molecular weight excluding hydrogens is 314 g/mol. The van der Waals surface area contributed by atoms with Gasteiger partial charge in [-0.2, -0.15) is 0 Å². The maximum atomic E-state index is 11.9. The molecule has 1 saturated carbocycles. The molecule has 0 saturated heterocycles. The van der Waals surface area contributed by atoms with E-state index in [4.69, 9.17) is 16.3 Å². The predicted octanol–water partition coefficient (Wildman–Crippen LogP) is 3.67. The van der Waals surface area contributed by atoms with Crippen LogP contribution in [-0.2, 0) is 9.53 Å². The van der Waals surface area contributed by atoms with E-state index in [2.05, 4.69) is 15.3 Å². The maximum Gasteiger partial charge on any atom is 0.309 e. The van der Waals surface area contributed by atoms with Crippen LogP contribution in [0.5, 0.6) is 0 Å². The number of hydrogen-bond donors (Lipinski definition) is 1. The van der Waals surface area contributed by atoms with Crippen molar-refractivity contribution in [2.75, 3.05) is 19.0 Å². The summed E-state index contributed by atoms with van der Waals surface area (Å²) in [5, 5.41) is 3.63. The van der Waals surface area contributed by atoms with Gasteiger partial charge in [-0.25, -0.2) is 9.97 Å². The molecule has 1 aromatic heterocycles. The Hall–Kier alpha value is -1.88. The second-order valence-corrected chi connectivity index (χ2v) is 6.26. The molecule has 1 N–H and O–H groups in total. The zero-order valence-electron chi connectivity index (χ0n) is 13.1. The minimum atomic E-state index is -0.118. The number of fused-ring (bicyclic) bond motifs is 1. The normalized spacial score (nSPS) is 21.1. The Morgan fingerprint density at radius 1 is 1.26 bits per heavy atom. The van der Waals surface area contributed by atoms with Gasteiger partial charge >= 0.3 is 5.97 Å². The Bertz CT molecular complexity index is 707. The predicted molar refractivity (Wildman–Crippen MR) is 90.5 cm³/mol. The molecule has 3 rings (SSSR count). The fourth-order valence-corrected chi connectivity index (χ4v) is 3.43. The van der Waals surface area contributed by atoms with Crippen LogP contribution in [0.2, 0.25) is 5.15 Å². The molecule has 1 fully saturated rings. The Kier molecular flexibility index (Phi) is 4.96. The van der Waals surface area contributed by atoms with Crippen LogP contribution in [-0.4, -0.2) is 29.6 Å². The molecule has 1 aliphatic carbocycles. The second kappa shape index (κ2) is 7.13. The number of ether oxygens (including phenoxy) is 1. The number of nitrogens with zero attached hydrogens (tertiary/aromatic N) is 2. The van der Waals surface area contributed by atoms with Gasteiger partial charge in [-0.1, -0.05) is 36.6 Å². The van der Waals surface area contributed by atoms with Gasteiger partial charge in [0.2, 0.25) is 0 Å². The average Bonchev–Trinajstić information content (AvgIpc) is 2.59. The van der Waals surface area contributed by atoms with Gasteiger partial charge in [-0.3, -0.25) is 4.79 Å². The van der Waals surface area contributed by atoms with Gasteiger partial charge in [0.15, 0.2) is 11.0 Å². The Morgan fingerprint density at radius 2 is 1.96 bits per heavy atom. The summed E-state index contributed by atoms with van der Waals surface area (Å²) in [6, 6.07) is 7.61. The van der Waals surface area contributed by atoms with Gasteiger partial charge in [0.1, 0.15) is 0 Å². The number of aromatic nitrogens is 2. The van der Waals surface area contributed by atoms with Crippen molar-refractivity contribution in [1.29, 1.82) is 0 Å². The molecule has 0 spiro atoms. The summed E-state index contributed by atoms with van der Waals surface area (Å²) >= 11 is 6.22. The quantitative estimate of drug-likeness (QED) is 0.865. The lowest BCUT2D eigenvalue weighted by molar-refractivity contribution is -0.148. The zero-order chi connectivity index (χ0) is 16.2. The number of carbonyl (C=O) groups is 1. The van der Waals surface area contributed by atoms with Crippen molar-refractivity contribution in [3.8, 4) is 0 Å². The summed E-state index contributed by atoms with van der Waals surface area (Å²) in [6.45, 7) is 0.645. The molecule has 2 atom stereocenters. The van der Waals surface area contributed by atoms with E-state index in [1.54, 1.807) is 0 Å².